The molecular formula is C29H22Cl2N2O7S2. The second-order valence-corrected chi connectivity index (χ2v) is 11.5. The maximum atomic E-state index is 13.2. The van der Waals surface area contributed by atoms with Crippen molar-refractivity contribution in [3.63, 3.8) is 0 Å². The molecular weight excluding hydrogens is 623 g/mol. The number of rotatable bonds is 11. The SMILES string of the molecule is CCOC(=O)CCSc1cnc(NC(=O)c2cc(OC(=O)c3ccccc3Cl)cc(OC(=O)c3ccccc3Cl)c2)s1. The Balaban J connectivity index is 1.53. The molecule has 3 aromatic carbocycles. The second-order valence-electron chi connectivity index (χ2n) is 8.27. The molecule has 0 radical (unpaired) electrons. The van der Waals surface area contributed by atoms with Gasteiger partial charge in [-0.2, -0.15) is 0 Å². The predicted octanol–water partition coefficient (Wildman–Crippen LogP) is 7.19. The molecule has 0 fully saturated rings. The molecule has 0 aliphatic carbocycles. The molecule has 0 unspecified atom stereocenters. The Morgan fingerprint density at radius 3 is 2.00 bits per heavy atom. The first-order valence-electron chi connectivity index (χ1n) is 12.4. The van der Waals surface area contributed by atoms with Crippen LogP contribution in [0.4, 0.5) is 5.13 Å². The maximum Gasteiger partial charge on any atom is 0.345 e. The third kappa shape index (κ3) is 8.56. The Morgan fingerprint density at radius 2 is 1.45 bits per heavy atom. The van der Waals surface area contributed by atoms with Gasteiger partial charge in [0.05, 0.1) is 44.6 Å². The van der Waals surface area contributed by atoms with Crippen molar-refractivity contribution in [1.82, 2.24) is 4.98 Å². The fourth-order valence-corrected chi connectivity index (χ4v) is 5.71. The monoisotopic (exact) mass is 644 g/mol. The maximum absolute atomic E-state index is 13.2. The standard InChI is InChI=1S/C29H22Cl2N2O7S2/c1-2-38-24(34)11-12-41-25-16-32-29(42-25)33-26(35)17-13-18(39-27(36)20-7-3-5-9-22(20)30)15-19(14-17)40-28(37)21-8-4-6-10-23(21)31/h3-10,13-16H,2,11-12H2,1H3,(H,32,33,35). The third-order valence-corrected chi connectivity index (χ3v) is 8.08. The summed E-state index contributed by atoms with van der Waals surface area (Å²) in [5.41, 5.74) is 0.243. The van der Waals surface area contributed by atoms with Gasteiger partial charge in [0.15, 0.2) is 5.13 Å². The highest BCUT2D eigenvalue weighted by Crippen LogP contribution is 2.31. The molecule has 0 saturated carbocycles. The number of ether oxygens (including phenoxy) is 3. The topological polar surface area (TPSA) is 121 Å². The first-order valence-corrected chi connectivity index (χ1v) is 14.9. The molecule has 42 heavy (non-hydrogen) atoms. The summed E-state index contributed by atoms with van der Waals surface area (Å²) >= 11 is 14.9. The van der Waals surface area contributed by atoms with Crippen molar-refractivity contribution in [1.29, 1.82) is 0 Å². The van der Waals surface area contributed by atoms with Gasteiger partial charge in [0.25, 0.3) is 5.91 Å². The lowest BCUT2D eigenvalue weighted by Crippen LogP contribution is -2.15. The number of carbonyl (C=O) groups excluding carboxylic acids is 4. The number of benzene rings is 3. The molecule has 0 spiro atoms. The molecule has 0 saturated heterocycles. The van der Waals surface area contributed by atoms with E-state index in [1.165, 1.54) is 65.6 Å². The lowest BCUT2D eigenvalue weighted by atomic mass is 10.1. The van der Waals surface area contributed by atoms with Crippen LogP contribution in [-0.2, 0) is 9.53 Å². The Labute approximate surface area is 259 Å². The van der Waals surface area contributed by atoms with Gasteiger partial charge >= 0.3 is 17.9 Å². The molecule has 1 aromatic heterocycles. The van der Waals surface area contributed by atoms with E-state index < -0.39 is 17.8 Å². The number of halogens is 2. The zero-order valence-electron chi connectivity index (χ0n) is 21.9. The minimum Gasteiger partial charge on any atom is -0.466 e. The van der Waals surface area contributed by atoms with E-state index in [-0.39, 0.29) is 50.6 Å². The van der Waals surface area contributed by atoms with E-state index in [2.05, 4.69) is 10.3 Å². The van der Waals surface area contributed by atoms with Gasteiger partial charge in [-0.1, -0.05) is 58.8 Å². The lowest BCUT2D eigenvalue weighted by Gasteiger charge is -2.11. The van der Waals surface area contributed by atoms with Crippen LogP contribution in [0.25, 0.3) is 0 Å². The fourth-order valence-electron chi connectivity index (χ4n) is 3.42. The smallest absolute Gasteiger partial charge is 0.345 e. The van der Waals surface area contributed by atoms with Crippen LogP contribution in [-0.4, -0.2) is 41.2 Å². The summed E-state index contributed by atoms with van der Waals surface area (Å²) in [5, 5.41) is 3.34. The van der Waals surface area contributed by atoms with Crippen molar-refractivity contribution in [3.8, 4) is 11.5 Å². The third-order valence-electron chi connectivity index (χ3n) is 5.31. The second kappa shape index (κ2) is 14.8. The summed E-state index contributed by atoms with van der Waals surface area (Å²) in [6.45, 7) is 2.06. The first-order chi connectivity index (χ1) is 20.2. The van der Waals surface area contributed by atoms with Gasteiger partial charge in [0.1, 0.15) is 11.5 Å². The number of aromatic nitrogens is 1. The van der Waals surface area contributed by atoms with E-state index in [4.69, 9.17) is 37.4 Å². The number of carbonyl (C=O) groups is 4. The number of esters is 3. The van der Waals surface area contributed by atoms with Crippen LogP contribution in [0.2, 0.25) is 10.0 Å². The number of amides is 1. The molecule has 0 atom stereocenters. The van der Waals surface area contributed by atoms with Crippen LogP contribution < -0.4 is 14.8 Å². The lowest BCUT2D eigenvalue weighted by molar-refractivity contribution is -0.142. The summed E-state index contributed by atoms with van der Waals surface area (Å²) in [7, 11) is 0. The Bertz CT molecular complexity index is 1550. The minimum atomic E-state index is -0.772. The number of hydrogen-bond donors (Lipinski definition) is 1. The average molecular weight is 646 g/mol. The largest absolute Gasteiger partial charge is 0.466 e. The van der Waals surface area contributed by atoms with Crippen molar-refractivity contribution in [2.75, 3.05) is 17.7 Å². The highest BCUT2D eigenvalue weighted by molar-refractivity contribution is 8.01. The van der Waals surface area contributed by atoms with Gasteiger partial charge in [0, 0.05) is 17.4 Å². The van der Waals surface area contributed by atoms with Crippen molar-refractivity contribution >= 4 is 75.2 Å². The molecule has 1 N–H and O–H groups in total. The quantitative estimate of drug-likeness (QED) is 0.103. The highest BCUT2D eigenvalue weighted by atomic mass is 35.5. The van der Waals surface area contributed by atoms with Crippen LogP contribution in [0.15, 0.2) is 77.1 Å². The molecule has 1 heterocycles. The summed E-state index contributed by atoms with van der Waals surface area (Å²) in [6, 6.07) is 16.6. The summed E-state index contributed by atoms with van der Waals surface area (Å²) in [6.07, 6.45) is 1.82. The van der Waals surface area contributed by atoms with E-state index >= 15 is 0 Å². The van der Waals surface area contributed by atoms with E-state index in [1.54, 1.807) is 37.4 Å². The van der Waals surface area contributed by atoms with Gasteiger partial charge in [-0.25, -0.2) is 14.6 Å². The fraction of sp³-hybridized carbons (Fsp3) is 0.138. The van der Waals surface area contributed by atoms with Crippen LogP contribution in [0.5, 0.6) is 11.5 Å². The summed E-state index contributed by atoms with van der Waals surface area (Å²) in [4.78, 5) is 54.5. The summed E-state index contributed by atoms with van der Waals surface area (Å²) in [5.74, 6) is -2.07. The van der Waals surface area contributed by atoms with Gasteiger partial charge < -0.3 is 14.2 Å². The van der Waals surface area contributed by atoms with Crippen LogP contribution in [0.3, 0.4) is 0 Å². The van der Waals surface area contributed by atoms with Gasteiger partial charge in [-0.3, -0.25) is 14.9 Å². The molecule has 13 heteroatoms. The molecule has 0 aliphatic rings. The van der Waals surface area contributed by atoms with Crippen LogP contribution in [0, 0.1) is 0 Å². The Kier molecular flexibility index (Phi) is 11.0. The Morgan fingerprint density at radius 1 is 0.881 bits per heavy atom. The number of nitrogens with one attached hydrogen (secondary N) is 1. The van der Waals surface area contributed by atoms with E-state index in [1.807, 2.05) is 0 Å². The molecule has 4 rings (SSSR count). The van der Waals surface area contributed by atoms with Crippen molar-refractivity contribution < 1.29 is 33.4 Å². The Hall–Kier alpha value is -3.90. The molecule has 0 bridgehead atoms. The predicted molar refractivity (Wildman–Crippen MR) is 161 cm³/mol. The number of thiazole rings is 1. The van der Waals surface area contributed by atoms with Crippen LogP contribution >= 0.6 is 46.3 Å². The molecule has 9 nitrogen and oxygen atoms in total. The average Bonchev–Trinajstić information content (AvgIpc) is 3.40. The number of nitrogens with zero attached hydrogens (tertiary/aromatic N) is 1. The van der Waals surface area contributed by atoms with Gasteiger partial charge in [0.2, 0.25) is 0 Å². The highest BCUT2D eigenvalue weighted by Gasteiger charge is 2.19. The van der Waals surface area contributed by atoms with Crippen molar-refractivity contribution in [2.45, 2.75) is 17.6 Å². The molecule has 1 amide bonds. The molecule has 4 aromatic rings. The first kappa shape index (κ1) is 31.0. The van der Waals surface area contributed by atoms with Gasteiger partial charge in [-0.05, 0) is 43.3 Å². The summed E-state index contributed by atoms with van der Waals surface area (Å²) < 4.78 is 16.7. The van der Waals surface area contributed by atoms with Gasteiger partial charge in [-0.15, -0.1) is 11.8 Å². The zero-order valence-corrected chi connectivity index (χ0v) is 25.1. The van der Waals surface area contributed by atoms with E-state index in [9.17, 15) is 19.2 Å². The number of anilines is 1. The van der Waals surface area contributed by atoms with Crippen molar-refractivity contribution in [2.24, 2.45) is 0 Å². The molecule has 0 aliphatic heterocycles. The van der Waals surface area contributed by atoms with E-state index in [0.717, 1.165) is 4.21 Å². The molecule has 216 valence electrons. The van der Waals surface area contributed by atoms with E-state index in [0.29, 0.717) is 17.5 Å². The number of thioether (sulfide) groups is 1. The number of hydrogen-bond acceptors (Lipinski definition) is 10. The van der Waals surface area contributed by atoms with Crippen molar-refractivity contribution in [3.05, 3.63) is 99.7 Å². The normalized spacial score (nSPS) is 10.5. The zero-order chi connectivity index (χ0) is 30.1. The minimum absolute atomic E-state index is 0.0214. The van der Waals surface area contributed by atoms with Crippen LogP contribution in [0.1, 0.15) is 44.4 Å².